The summed E-state index contributed by atoms with van der Waals surface area (Å²) in [5.74, 6) is 1.80. The van der Waals surface area contributed by atoms with Crippen LogP contribution in [0.25, 0.3) is 0 Å². The second-order valence-electron chi connectivity index (χ2n) is 7.03. The number of hydrogen-bond acceptors (Lipinski definition) is 2. The average molecular weight is 224 g/mol. The first-order valence-electron chi connectivity index (χ1n) is 6.86. The molecule has 2 N–H and O–H groups in total. The van der Waals surface area contributed by atoms with Crippen LogP contribution in [0.3, 0.4) is 0 Å². The van der Waals surface area contributed by atoms with E-state index in [0.29, 0.717) is 11.0 Å². The van der Waals surface area contributed by atoms with Crippen LogP contribution >= 0.6 is 0 Å². The summed E-state index contributed by atoms with van der Waals surface area (Å²) in [4.78, 5) is 2.65. The smallest absolute Gasteiger partial charge is 0.0125 e. The predicted octanol–water partition coefficient (Wildman–Crippen LogP) is 2.48. The fourth-order valence-electron chi connectivity index (χ4n) is 3.79. The van der Waals surface area contributed by atoms with Crippen LogP contribution in [-0.4, -0.2) is 30.1 Å². The number of likely N-dealkylation sites (tertiary alicyclic amines) is 1. The normalized spacial score (nSPS) is 40.3. The summed E-state index contributed by atoms with van der Waals surface area (Å²) in [5.41, 5.74) is 6.87. The lowest BCUT2D eigenvalue weighted by Gasteiger charge is -2.34. The maximum Gasteiger partial charge on any atom is 0.0125 e. The molecule has 1 heterocycles. The van der Waals surface area contributed by atoms with Gasteiger partial charge in [-0.3, -0.25) is 4.90 Å². The second kappa shape index (κ2) is 3.99. The van der Waals surface area contributed by atoms with Crippen molar-refractivity contribution >= 4 is 0 Å². The Morgan fingerprint density at radius 3 is 2.50 bits per heavy atom. The Balaban J connectivity index is 2.11. The largest absolute Gasteiger partial charge is 0.330 e. The van der Waals surface area contributed by atoms with Crippen molar-refractivity contribution in [2.75, 3.05) is 19.6 Å². The van der Waals surface area contributed by atoms with Crippen molar-refractivity contribution in [3.8, 4) is 0 Å². The molecule has 3 atom stereocenters. The Kier molecular flexibility index (Phi) is 3.09. The minimum Gasteiger partial charge on any atom is -0.330 e. The zero-order valence-corrected chi connectivity index (χ0v) is 11.4. The maximum atomic E-state index is 6.11. The van der Waals surface area contributed by atoms with Crippen molar-refractivity contribution in [3.63, 3.8) is 0 Å². The fraction of sp³-hybridized carbons (Fsp3) is 1.00. The number of fused-ring (bicyclic) bond motifs is 1. The molecule has 0 aromatic heterocycles. The third kappa shape index (κ3) is 1.91. The van der Waals surface area contributed by atoms with E-state index >= 15 is 0 Å². The SMILES string of the molecule is CCC1C[C@@H]2CN(C(C)(C)C)C[C@]2(CN)C1. The van der Waals surface area contributed by atoms with Crippen molar-refractivity contribution in [1.29, 1.82) is 0 Å². The molecule has 0 amide bonds. The summed E-state index contributed by atoms with van der Waals surface area (Å²) in [6, 6.07) is 0. The summed E-state index contributed by atoms with van der Waals surface area (Å²) >= 11 is 0. The van der Waals surface area contributed by atoms with Gasteiger partial charge >= 0.3 is 0 Å². The van der Waals surface area contributed by atoms with Crippen LogP contribution in [0, 0.1) is 17.3 Å². The highest BCUT2D eigenvalue weighted by molar-refractivity contribution is 5.05. The van der Waals surface area contributed by atoms with Gasteiger partial charge in [0.2, 0.25) is 0 Å². The van der Waals surface area contributed by atoms with Crippen molar-refractivity contribution in [3.05, 3.63) is 0 Å². The highest BCUT2D eigenvalue weighted by atomic mass is 15.2. The molecule has 2 heteroatoms. The van der Waals surface area contributed by atoms with Crippen LogP contribution in [0.2, 0.25) is 0 Å². The molecule has 2 nitrogen and oxygen atoms in total. The fourth-order valence-corrected chi connectivity index (χ4v) is 3.79. The van der Waals surface area contributed by atoms with Crippen molar-refractivity contribution in [2.24, 2.45) is 23.0 Å². The van der Waals surface area contributed by atoms with Crippen LogP contribution in [-0.2, 0) is 0 Å². The zero-order chi connectivity index (χ0) is 12.0. The summed E-state index contributed by atoms with van der Waals surface area (Å²) in [6.07, 6.45) is 4.13. The minimum atomic E-state index is 0.314. The van der Waals surface area contributed by atoms with E-state index in [1.807, 2.05) is 0 Å². The van der Waals surface area contributed by atoms with Crippen molar-refractivity contribution in [1.82, 2.24) is 4.90 Å². The molecule has 0 radical (unpaired) electrons. The molecule has 16 heavy (non-hydrogen) atoms. The number of hydrogen-bond donors (Lipinski definition) is 1. The van der Waals surface area contributed by atoms with Gasteiger partial charge in [-0.2, -0.15) is 0 Å². The molecule has 2 aliphatic rings. The first-order valence-corrected chi connectivity index (χ1v) is 6.86. The van der Waals surface area contributed by atoms with Crippen LogP contribution in [0.4, 0.5) is 0 Å². The van der Waals surface area contributed by atoms with Crippen LogP contribution < -0.4 is 5.73 Å². The molecule has 94 valence electrons. The summed E-state index contributed by atoms with van der Waals surface area (Å²) < 4.78 is 0. The topological polar surface area (TPSA) is 29.3 Å². The maximum absolute atomic E-state index is 6.11. The van der Waals surface area contributed by atoms with E-state index in [-0.39, 0.29) is 0 Å². The van der Waals surface area contributed by atoms with Gasteiger partial charge in [-0.25, -0.2) is 0 Å². The van der Waals surface area contributed by atoms with E-state index in [9.17, 15) is 0 Å². The summed E-state index contributed by atoms with van der Waals surface area (Å²) in [7, 11) is 0. The molecule has 0 bridgehead atoms. The Labute approximate surface area is 101 Å². The molecule has 1 saturated heterocycles. The molecule has 1 aliphatic heterocycles. The van der Waals surface area contributed by atoms with Gasteiger partial charge in [0.1, 0.15) is 0 Å². The first-order chi connectivity index (χ1) is 7.41. The molecule has 2 fully saturated rings. The molecule has 2 rings (SSSR count). The number of nitrogens with zero attached hydrogens (tertiary/aromatic N) is 1. The van der Waals surface area contributed by atoms with E-state index in [1.165, 1.54) is 32.4 Å². The minimum absolute atomic E-state index is 0.314. The van der Waals surface area contributed by atoms with E-state index < -0.39 is 0 Å². The summed E-state index contributed by atoms with van der Waals surface area (Å²) in [6.45, 7) is 12.7. The standard InChI is InChI=1S/C14H28N2/c1-5-11-6-12-8-16(13(2,3)4)10-14(12,7-11)9-15/h11-12H,5-10,15H2,1-4H3/t11?,12-,14-/m1/s1. The van der Waals surface area contributed by atoms with E-state index in [1.54, 1.807) is 0 Å². The van der Waals surface area contributed by atoms with Crippen LogP contribution in [0.15, 0.2) is 0 Å². The van der Waals surface area contributed by atoms with Gasteiger partial charge in [-0.1, -0.05) is 13.3 Å². The lowest BCUT2D eigenvalue weighted by molar-refractivity contribution is 0.141. The van der Waals surface area contributed by atoms with Gasteiger partial charge in [-0.05, 0) is 57.4 Å². The van der Waals surface area contributed by atoms with Crippen LogP contribution in [0.5, 0.6) is 0 Å². The average Bonchev–Trinajstić information content (AvgIpc) is 2.69. The van der Waals surface area contributed by atoms with Gasteiger partial charge in [-0.15, -0.1) is 0 Å². The monoisotopic (exact) mass is 224 g/mol. The molecular weight excluding hydrogens is 196 g/mol. The quantitative estimate of drug-likeness (QED) is 0.781. The Morgan fingerprint density at radius 2 is 2.06 bits per heavy atom. The van der Waals surface area contributed by atoms with Crippen molar-refractivity contribution in [2.45, 2.75) is 52.5 Å². The Bertz CT molecular complexity index is 256. The van der Waals surface area contributed by atoms with E-state index in [4.69, 9.17) is 5.73 Å². The van der Waals surface area contributed by atoms with Crippen molar-refractivity contribution < 1.29 is 0 Å². The predicted molar refractivity (Wildman–Crippen MR) is 69.3 cm³/mol. The van der Waals surface area contributed by atoms with E-state index in [2.05, 4.69) is 32.6 Å². The van der Waals surface area contributed by atoms with Gasteiger partial charge < -0.3 is 5.73 Å². The number of rotatable bonds is 2. The van der Waals surface area contributed by atoms with E-state index in [0.717, 1.165) is 18.4 Å². The lowest BCUT2D eigenvalue weighted by atomic mass is 9.80. The Hall–Kier alpha value is -0.0800. The van der Waals surface area contributed by atoms with Gasteiger partial charge in [0, 0.05) is 18.6 Å². The van der Waals surface area contributed by atoms with Crippen LogP contribution in [0.1, 0.15) is 47.0 Å². The summed E-state index contributed by atoms with van der Waals surface area (Å²) in [5, 5.41) is 0. The van der Waals surface area contributed by atoms with Gasteiger partial charge in [0.15, 0.2) is 0 Å². The first kappa shape index (κ1) is 12.4. The molecule has 1 unspecified atom stereocenters. The molecule has 1 saturated carbocycles. The second-order valence-corrected chi connectivity index (χ2v) is 7.03. The molecule has 0 aromatic rings. The molecule has 1 aliphatic carbocycles. The molecule has 0 spiro atoms. The lowest BCUT2D eigenvalue weighted by Crippen LogP contribution is -2.42. The highest BCUT2D eigenvalue weighted by Crippen LogP contribution is 2.52. The third-order valence-electron chi connectivity index (χ3n) is 5.06. The zero-order valence-electron chi connectivity index (χ0n) is 11.4. The third-order valence-corrected chi connectivity index (χ3v) is 5.06. The molecule has 0 aromatic carbocycles. The number of nitrogens with two attached hydrogens (primary N) is 1. The molecular formula is C14H28N2. The highest BCUT2D eigenvalue weighted by Gasteiger charge is 2.52. The van der Waals surface area contributed by atoms with Gasteiger partial charge in [0.05, 0.1) is 0 Å². The van der Waals surface area contributed by atoms with Gasteiger partial charge in [0.25, 0.3) is 0 Å². The Morgan fingerprint density at radius 1 is 1.38 bits per heavy atom.